The summed E-state index contributed by atoms with van der Waals surface area (Å²) in [5, 5.41) is 11.3. The van der Waals surface area contributed by atoms with Crippen molar-refractivity contribution in [2.45, 2.75) is 44.6 Å². The van der Waals surface area contributed by atoms with Crippen molar-refractivity contribution in [3.05, 3.63) is 42.0 Å². The van der Waals surface area contributed by atoms with E-state index in [2.05, 4.69) is 39.1 Å². The van der Waals surface area contributed by atoms with Gasteiger partial charge in [-0.3, -0.25) is 0 Å². The molecule has 0 bridgehead atoms. The Bertz CT molecular complexity index is 719. The van der Waals surface area contributed by atoms with Gasteiger partial charge < -0.3 is 14.8 Å². The van der Waals surface area contributed by atoms with Crippen molar-refractivity contribution in [3.8, 4) is 0 Å². The Morgan fingerprint density at radius 1 is 1.25 bits per heavy atom. The molecule has 6 nitrogen and oxygen atoms in total. The number of hydrogen-bond acceptors (Lipinski definition) is 3. The van der Waals surface area contributed by atoms with E-state index in [-0.39, 0.29) is 6.03 Å². The van der Waals surface area contributed by atoms with Gasteiger partial charge in [0.05, 0.1) is 6.04 Å². The first-order valence-electron chi connectivity index (χ1n) is 8.79. The van der Waals surface area contributed by atoms with Crippen LogP contribution in [0, 0.1) is 0 Å². The van der Waals surface area contributed by atoms with E-state index in [9.17, 15) is 4.79 Å². The maximum absolute atomic E-state index is 12.5. The SMILES string of the molecule is CCc1ccc(NC(=O)N2CCC(n3cnnc3C3CC3)C2)cc1. The molecule has 4 rings (SSSR count). The summed E-state index contributed by atoms with van der Waals surface area (Å²) in [5.74, 6) is 1.67. The van der Waals surface area contributed by atoms with Crippen LogP contribution in [0.5, 0.6) is 0 Å². The first-order chi connectivity index (χ1) is 11.7. The van der Waals surface area contributed by atoms with Crippen LogP contribution in [0.15, 0.2) is 30.6 Å². The predicted octanol–water partition coefficient (Wildman–Crippen LogP) is 3.20. The zero-order valence-electron chi connectivity index (χ0n) is 14.0. The Labute approximate surface area is 141 Å². The fourth-order valence-electron chi connectivity index (χ4n) is 3.35. The number of nitrogens with one attached hydrogen (secondary N) is 1. The van der Waals surface area contributed by atoms with Gasteiger partial charge in [0.25, 0.3) is 0 Å². The molecule has 6 heteroatoms. The summed E-state index contributed by atoms with van der Waals surface area (Å²) in [6.45, 7) is 3.61. The summed E-state index contributed by atoms with van der Waals surface area (Å²) < 4.78 is 2.18. The Morgan fingerprint density at radius 2 is 2.04 bits per heavy atom. The van der Waals surface area contributed by atoms with Crippen LogP contribution in [0.25, 0.3) is 0 Å². The molecular weight excluding hydrogens is 302 g/mol. The lowest BCUT2D eigenvalue weighted by molar-refractivity contribution is 0.221. The zero-order valence-corrected chi connectivity index (χ0v) is 14.0. The molecule has 1 unspecified atom stereocenters. The summed E-state index contributed by atoms with van der Waals surface area (Å²) in [5.41, 5.74) is 2.12. The second-order valence-electron chi connectivity index (χ2n) is 6.74. The third kappa shape index (κ3) is 3.00. The molecule has 126 valence electrons. The standard InChI is InChI=1S/C18H23N5O/c1-2-13-3-7-15(8-4-13)20-18(24)22-10-9-16(11-22)23-12-19-21-17(23)14-5-6-14/h3-4,7-8,12,14,16H,2,5-6,9-11H2,1H3,(H,20,24). The fraction of sp³-hybridized carbons (Fsp3) is 0.500. The van der Waals surface area contributed by atoms with Gasteiger partial charge in [-0.2, -0.15) is 0 Å². The van der Waals surface area contributed by atoms with E-state index in [1.807, 2.05) is 23.4 Å². The molecule has 1 aromatic carbocycles. The van der Waals surface area contributed by atoms with Crippen LogP contribution in [0.1, 0.15) is 49.5 Å². The lowest BCUT2D eigenvalue weighted by Crippen LogP contribution is -2.33. The Balaban J connectivity index is 1.38. The smallest absolute Gasteiger partial charge is 0.321 e. The van der Waals surface area contributed by atoms with Gasteiger partial charge in [0.1, 0.15) is 12.2 Å². The summed E-state index contributed by atoms with van der Waals surface area (Å²) in [6.07, 6.45) is 6.21. The lowest BCUT2D eigenvalue weighted by Gasteiger charge is -2.18. The molecule has 24 heavy (non-hydrogen) atoms. The van der Waals surface area contributed by atoms with E-state index in [4.69, 9.17) is 0 Å². The number of carbonyl (C=O) groups is 1. The number of aromatic nitrogens is 3. The van der Waals surface area contributed by atoms with Gasteiger partial charge in [-0.15, -0.1) is 10.2 Å². The van der Waals surface area contributed by atoms with Crippen LogP contribution >= 0.6 is 0 Å². The molecule has 2 amide bonds. The number of nitrogens with zero attached hydrogens (tertiary/aromatic N) is 4. The molecular formula is C18H23N5O. The van der Waals surface area contributed by atoms with Crippen molar-refractivity contribution >= 4 is 11.7 Å². The van der Waals surface area contributed by atoms with Crippen LogP contribution in [0.3, 0.4) is 0 Å². The van der Waals surface area contributed by atoms with Gasteiger partial charge in [0, 0.05) is 24.7 Å². The minimum atomic E-state index is -0.0252. The molecule has 1 aliphatic carbocycles. The molecule has 0 spiro atoms. The average Bonchev–Trinajstić information content (AvgIpc) is 3.13. The first kappa shape index (κ1) is 15.2. The molecule has 1 atom stereocenters. The number of hydrogen-bond donors (Lipinski definition) is 1. The van der Waals surface area contributed by atoms with Crippen LogP contribution in [-0.2, 0) is 6.42 Å². The summed E-state index contributed by atoms with van der Waals surface area (Å²) in [4.78, 5) is 14.4. The van der Waals surface area contributed by atoms with Gasteiger partial charge >= 0.3 is 6.03 Å². The van der Waals surface area contributed by atoms with Crippen molar-refractivity contribution in [3.63, 3.8) is 0 Å². The van der Waals surface area contributed by atoms with Gasteiger partial charge in [-0.25, -0.2) is 4.79 Å². The third-order valence-electron chi connectivity index (χ3n) is 5.00. The summed E-state index contributed by atoms with van der Waals surface area (Å²) >= 11 is 0. The second kappa shape index (κ2) is 6.26. The van der Waals surface area contributed by atoms with Crippen LogP contribution in [-0.4, -0.2) is 38.8 Å². The topological polar surface area (TPSA) is 63.1 Å². The van der Waals surface area contributed by atoms with E-state index in [1.54, 1.807) is 0 Å². The molecule has 2 heterocycles. The number of benzene rings is 1. The third-order valence-corrected chi connectivity index (χ3v) is 5.00. The summed E-state index contributed by atoms with van der Waals surface area (Å²) in [6, 6.07) is 8.32. The van der Waals surface area contributed by atoms with E-state index >= 15 is 0 Å². The quantitative estimate of drug-likeness (QED) is 0.939. The van der Waals surface area contributed by atoms with Crippen molar-refractivity contribution in [2.75, 3.05) is 18.4 Å². The largest absolute Gasteiger partial charge is 0.322 e. The van der Waals surface area contributed by atoms with E-state index in [0.29, 0.717) is 12.0 Å². The Morgan fingerprint density at radius 3 is 2.75 bits per heavy atom. The van der Waals surface area contributed by atoms with Gasteiger partial charge in [-0.05, 0) is 43.4 Å². The number of rotatable bonds is 4. The van der Waals surface area contributed by atoms with Crippen molar-refractivity contribution in [2.24, 2.45) is 0 Å². The minimum absolute atomic E-state index is 0.0252. The highest BCUT2D eigenvalue weighted by molar-refractivity contribution is 5.89. The number of carbonyl (C=O) groups excluding carboxylic acids is 1. The van der Waals surface area contributed by atoms with Crippen LogP contribution in [0.4, 0.5) is 10.5 Å². The first-order valence-corrected chi connectivity index (χ1v) is 8.79. The average molecular weight is 325 g/mol. The van der Waals surface area contributed by atoms with Crippen molar-refractivity contribution in [1.82, 2.24) is 19.7 Å². The van der Waals surface area contributed by atoms with Gasteiger partial charge in [0.15, 0.2) is 0 Å². The van der Waals surface area contributed by atoms with Crippen LogP contribution in [0.2, 0.25) is 0 Å². The maximum atomic E-state index is 12.5. The van der Waals surface area contributed by atoms with Gasteiger partial charge in [-0.1, -0.05) is 19.1 Å². The number of urea groups is 1. The maximum Gasteiger partial charge on any atom is 0.321 e. The van der Waals surface area contributed by atoms with E-state index in [1.165, 1.54) is 18.4 Å². The molecule has 1 N–H and O–H groups in total. The van der Waals surface area contributed by atoms with Crippen molar-refractivity contribution in [1.29, 1.82) is 0 Å². The van der Waals surface area contributed by atoms with Crippen molar-refractivity contribution < 1.29 is 4.79 Å². The zero-order chi connectivity index (χ0) is 16.5. The molecule has 2 aliphatic rings. The fourth-order valence-corrected chi connectivity index (χ4v) is 3.35. The molecule has 2 fully saturated rings. The Hall–Kier alpha value is -2.37. The molecule has 1 aromatic heterocycles. The van der Waals surface area contributed by atoms with E-state index < -0.39 is 0 Å². The van der Waals surface area contributed by atoms with E-state index in [0.717, 1.165) is 37.4 Å². The molecule has 1 aliphatic heterocycles. The second-order valence-corrected chi connectivity index (χ2v) is 6.74. The minimum Gasteiger partial charge on any atom is -0.322 e. The molecule has 2 aromatic rings. The molecule has 1 saturated carbocycles. The number of anilines is 1. The predicted molar refractivity (Wildman–Crippen MR) is 92.1 cm³/mol. The summed E-state index contributed by atoms with van der Waals surface area (Å²) in [7, 11) is 0. The number of aryl methyl sites for hydroxylation is 1. The number of amides is 2. The monoisotopic (exact) mass is 325 g/mol. The molecule has 0 radical (unpaired) electrons. The van der Waals surface area contributed by atoms with Gasteiger partial charge in [0.2, 0.25) is 0 Å². The Kier molecular flexibility index (Phi) is 3.96. The highest BCUT2D eigenvalue weighted by Crippen LogP contribution is 2.40. The highest BCUT2D eigenvalue weighted by atomic mass is 16.2. The van der Waals surface area contributed by atoms with Crippen LogP contribution < -0.4 is 5.32 Å². The highest BCUT2D eigenvalue weighted by Gasteiger charge is 2.34. The molecule has 1 saturated heterocycles. The lowest BCUT2D eigenvalue weighted by atomic mass is 10.1. The normalized spacial score (nSPS) is 20.4. The number of likely N-dealkylation sites (tertiary alicyclic amines) is 1.